The molecule has 1 saturated carbocycles. The van der Waals surface area contributed by atoms with Crippen molar-refractivity contribution >= 4 is 17.4 Å². The molecule has 1 unspecified atom stereocenters. The van der Waals surface area contributed by atoms with Crippen molar-refractivity contribution in [3.05, 3.63) is 18.3 Å². The van der Waals surface area contributed by atoms with E-state index in [1.165, 1.54) is 6.20 Å². The molecule has 0 saturated heterocycles. The van der Waals surface area contributed by atoms with Gasteiger partial charge in [-0.25, -0.2) is 13.8 Å². The van der Waals surface area contributed by atoms with Gasteiger partial charge in [0, 0.05) is 25.0 Å². The normalized spacial score (nSPS) is 22.4. The molecule has 1 aliphatic rings. The predicted octanol–water partition coefficient (Wildman–Crippen LogP) is 2.04. The lowest BCUT2D eigenvalue weighted by Gasteiger charge is -2.11. The summed E-state index contributed by atoms with van der Waals surface area (Å²) in [6.07, 6.45) is 1.05. The maximum absolute atomic E-state index is 13.0. The number of hydrogen-bond donors (Lipinski definition) is 2. The van der Waals surface area contributed by atoms with Crippen LogP contribution in [0.15, 0.2) is 18.3 Å². The van der Waals surface area contributed by atoms with E-state index in [1.54, 1.807) is 12.1 Å². The number of aromatic nitrogens is 1. The van der Waals surface area contributed by atoms with E-state index in [9.17, 15) is 13.6 Å². The number of rotatable bonds is 2. The van der Waals surface area contributed by atoms with Crippen LogP contribution in [0.4, 0.5) is 20.3 Å². The summed E-state index contributed by atoms with van der Waals surface area (Å²) >= 11 is 0. The molecule has 2 rings (SSSR count). The molecule has 17 heavy (non-hydrogen) atoms. The van der Waals surface area contributed by atoms with Crippen molar-refractivity contribution in [1.82, 2.24) is 4.98 Å². The Kier molecular flexibility index (Phi) is 2.95. The van der Waals surface area contributed by atoms with Gasteiger partial charge < -0.3 is 11.1 Å². The maximum atomic E-state index is 13.0. The molecule has 0 aliphatic heterocycles. The van der Waals surface area contributed by atoms with Crippen LogP contribution in [-0.2, 0) is 4.79 Å². The summed E-state index contributed by atoms with van der Waals surface area (Å²) in [6.45, 7) is 0. The summed E-state index contributed by atoms with van der Waals surface area (Å²) in [7, 11) is 0. The number of amides is 1. The average molecular weight is 241 g/mol. The Balaban J connectivity index is 2.01. The monoisotopic (exact) mass is 241 g/mol. The Bertz CT molecular complexity index is 436. The highest BCUT2D eigenvalue weighted by molar-refractivity contribution is 5.94. The van der Waals surface area contributed by atoms with Crippen molar-refractivity contribution in [2.45, 2.75) is 25.2 Å². The van der Waals surface area contributed by atoms with Gasteiger partial charge in [-0.15, -0.1) is 0 Å². The average Bonchev–Trinajstić information content (AvgIpc) is 2.62. The Hall–Kier alpha value is -1.72. The molecule has 0 radical (unpaired) electrons. The molecule has 4 nitrogen and oxygen atoms in total. The summed E-state index contributed by atoms with van der Waals surface area (Å²) in [5.41, 5.74) is 5.92. The van der Waals surface area contributed by atoms with Gasteiger partial charge in [0.2, 0.25) is 11.8 Å². The third kappa shape index (κ3) is 2.69. The van der Waals surface area contributed by atoms with Gasteiger partial charge in [0.1, 0.15) is 0 Å². The van der Waals surface area contributed by atoms with E-state index in [2.05, 4.69) is 10.3 Å². The standard InChI is InChI=1S/C11H13F2N3O/c12-11(13)4-3-7(6-11)10(17)16-9-8(14)2-1-5-15-9/h1-2,5,7H,3-4,6,14H2,(H,15,16,17). The van der Waals surface area contributed by atoms with Crippen molar-refractivity contribution in [3.8, 4) is 0 Å². The third-order valence-electron chi connectivity index (χ3n) is 2.85. The van der Waals surface area contributed by atoms with E-state index < -0.39 is 24.2 Å². The number of carbonyl (C=O) groups is 1. The SMILES string of the molecule is Nc1cccnc1NC(=O)C1CCC(F)(F)C1. The molecular weight excluding hydrogens is 228 g/mol. The fourth-order valence-corrected chi connectivity index (χ4v) is 1.91. The largest absolute Gasteiger partial charge is 0.396 e. The summed E-state index contributed by atoms with van der Waals surface area (Å²) in [5.74, 6) is -3.59. The molecule has 1 aromatic rings. The number of carbonyl (C=O) groups excluding carboxylic acids is 1. The lowest BCUT2D eigenvalue weighted by atomic mass is 10.1. The predicted molar refractivity (Wildman–Crippen MR) is 59.6 cm³/mol. The van der Waals surface area contributed by atoms with Crippen molar-refractivity contribution in [2.75, 3.05) is 11.1 Å². The molecular formula is C11H13F2N3O. The molecule has 0 bridgehead atoms. The zero-order chi connectivity index (χ0) is 12.5. The van der Waals surface area contributed by atoms with E-state index >= 15 is 0 Å². The molecule has 1 atom stereocenters. The maximum Gasteiger partial charge on any atom is 0.248 e. The van der Waals surface area contributed by atoms with Gasteiger partial charge in [0.15, 0.2) is 5.82 Å². The highest BCUT2D eigenvalue weighted by atomic mass is 19.3. The Morgan fingerprint density at radius 1 is 1.59 bits per heavy atom. The van der Waals surface area contributed by atoms with Crippen molar-refractivity contribution < 1.29 is 13.6 Å². The topological polar surface area (TPSA) is 68.0 Å². The molecule has 1 amide bonds. The zero-order valence-electron chi connectivity index (χ0n) is 9.12. The van der Waals surface area contributed by atoms with Crippen LogP contribution in [0.2, 0.25) is 0 Å². The second kappa shape index (κ2) is 4.27. The molecule has 3 N–H and O–H groups in total. The van der Waals surface area contributed by atoms with Crippen LogP contribution in [0.3, 0.4) is 0 Å². The van der Waals surface area contributed by atoms with Crippen LogP contribution in [-0.4, -0.2) is 16.8 Å². The minimum absolute atomic E-state index is 0.200. The second-order valence-electron chi connectivity index (χ2n) is 4.23. The first-order chi connectivity index (χ1) is 7.98. The van der Waals surface area contributed by atoms with Gasteiger partial charge in [0.05, 0.1) is 5.69 Å². The van der Waals surface area contributed by atoms with Crippen molar-refractivity contribution in [3.63, 3.8) is 0 Å². The van der Waals surface area contributed by atoms with Crippen LogP contribution >= 0.6 is 0 Å². The lowest BCUT2D eigenvalue weighted by molar-refractivity contribution is -0.120. The molecule has 0 aromatic carbocycles. The van der Waals surface area contributed by atoms with Crippen LogP contribution in [0.5, 0.6) is 0 Å². The summed E-state index contributed by atoms with van der Waals surface area (Å²) in [6, 6.07) is 3.22. The number of nitrogens with zero attached hydrogens (tertiary/aromatic N) is 1. The first-order valence-electron chi connectivity index (χ1n) is 5.37. The molecule has 1 heterocycles. The Labute approximate surface area is 97.2 Å². The van der Waals surface area contributed by atoms with Crippen LogP contribution in [0, 0.1) is 5.92 Å². The third-order valence-corrected chi connectivity index (χ3v) is 2.85. The quantitative estimate of drug-likeness (QED) is 0.832. The molecule has 0 spiro atoms. The number of hydrogen-bond acceptors (Lipinski definition) is 3. The van der Waals surface area contributed by atoms with Crippen LogP contribution < -0.4 is 11.1 Å². The number of halogens is 2. The fourth-order valence-electron chi connectivity index (χ4n) is 1.91. The Morgan fingerprint density at radius 2 is 2.35 bits per heavy atom. The van der Waals surface area contributed by atoms with Crippen LogP contribution in [0.1, 0.15) is 19.3 Å². The summed E-state index contributed by atoms with van der Waals surface area (Å²) in [4.78, 5) is 15.6. The number of pyridine rings is 1. The van der Waals surface area contributed by atoms with E-state index in [0.29, 0.717) is 5.69 Å². The minimum atomic E-state index is -2.72. The van der Waals surface area contributed by atoms with Crippen molar-refractivity contribution in [2.24, 2.45) is 5.92 Å². The number of nitrogen functional groups attached to an aromatic ring is 1. The van der Waals surface area contributed by atoms with E-state index in [1.807, 2.05) is 0 Å². The summed E-state index contributed by atoms with van der Waals surface area (Å²) in [5, 5.41) is 2.48. The van der Waals surface area contributed by atoms with Crippen molar-refractivity contribution in [1.29, 1.82) is 0 Å². The molecule has 1 aliphatic carbocycles. The van der Waals surface area contributed by atoms with Gasteiger partial charge in [-0.05, 0) is 18.6 Å². The second-order valence-corrected chi connectivity index (χ2v) is 4.23. The molecule has 92 valence electrons. The lowest BCUT2D eigenvalue weighted by Crippen LogP contribution is -2.23. The summed E-state index contributed by atoms with van der Waals surface area (Å²) < 4.78 is 25.9. The zero-order valence-corrected chi connectivity index (χ0v) is 9.12. The number of anilines is 2. The van der Waals surface area contributed by atoms with E-state index in [-0.39, 0.29) is 18.7 Å². The van der Waals surface area contributed by atoms with E-state index in [0.717, 1.165) is 0 Å². The highest BCUT2D eigenvalue weighted by Crippen LogP contribution is 2.39. The molecule has 6 heteroatoms. The smallest absolute Gasteiger partial charge is 0.248 e. The molecule has 1 aromatic heterocycles. The fraction of sp³-hybridized carbons (Fsp3) is 0.455. The van der Waals surface area contributed by atoms with Gasteiger partial charge in [-0.3, -0.25) is 4.79 Å². The van der Waals surface area contributed by atoms with Crippen LogP contribution in [0.25, 0.3) is 0 Å². The first-order valence-corrected chi connectivity index (χ1v) is 5.37. The Morgan fingerprint density at radius 3 is 2.94 bits per heavy atom. The molecule has 1 fully saturated rings. The van der Waals surface area contributed by atoms with Gasteiger partial charge >= 0.3 is 0 Å². The highest BCUT2D eigenvalue weighted by Gasteiger charge is 2.42. The van der Waals surface area contributed by atoms with E-state index in [4.69, 9.17) is 5.73 Å². The number of nitrogens with two attached hydrogens (primary N) is 1. The van der Waals surface area contributed by atoms with Gasteiger partial charge in [-0.2, -0.15) is 0 Å². The minimum Gasteiger partial charge on any atom is -0.396 e. The number of nitrogens with one attached hydrogen (secondary N) is 1. The van der Waals surface area contributed by atoms with Gasteiger partial charge in [-0.1, -0.05) is 0 Å². The van der Waals surface area contributed by atoms with Gasteiger partial charge in [0.25, 0.3) is 0 Å². The first kappa shape index (κ1) is 11.8. The number of alkyl halides is 2.